The van der Waals surface area contributed by atoms with Gasteiger partial charge in [-0.05, 0) is 20.5 Å². The zero-order chi connectivity index (χ0) is 11.2. The molecule has 0 aromatic heterocycles. The Balaban J connectivity index is 0. The summed E-state index contributed by atoms with van der Waals surface area (Å²) in [6, 6.07) is 0. The second kappa shape index (κ2) is 15.4. The minimum atomic E-state index is 0.716. The molecule has 0 amide bonds. The first kappa shape index (κ1) is 16.3. The van der Waals surface area contributed by atoms with Crippen molar-refractivity contribution in [1.29, 1.82) is 0 Å². The Morgan fingerprint density at radius 2 is 1.36 bits per heavy atom. The third kappa shape index (κ3) is 17.8. The quantitative estimate of drug-likeness (QED) is 0.566. The van der Waals surface area contributed by atoms with Gasteiger partial charge >= 0.3 is 0 Å². The minimum absolute atomic E-state index is 0.716. The van der Waals surface area contributed by atoms with E-state index < -0.39 is 0 Å². The van der Waals surface area contributed by atoms with Crippen molar-refractivity contribution in [3.8, 4) is 0 Å². The standard InChI is InChI=1S/C9H21NO2.C2H6/c1-4-6-11-8-9-12-7-5-10(2)3;1-2/h4-9H2,1-3H3;1-2H3. The summed E-state index contributed by atoms with van der Waals surface area (Å²) in [6.07, 6.45) is 1.08. The predicted octanol–water partition coefficient (Wildman–Crippen LogP) is 2.02. The second-order valence-corrected chi connectivity index (χ2v) is 3.03. The van der Waals surface area contributed by atoms with Gasteiger partial charge in [0, 0.05) is 13.2 Å². The SMILES string of the molecule is CC.CCCOCCOCCN(C)C. The van der Waals surface area contributed by atoms with E-state index in [4.69, 9.17) is 9.47 Å². The number of hydrogen-bond acceptors (Lipinski definition) is 3. The van der Waals surface area contributed by atoms with Crippen LogP contribution in [0.4, 0.5) is 0 Å². The van der Waals surface area contributed by atoms with Crippen molar-refractivity contribution in [2.24, 2.45) is 0 Å². The summed E-state index contributed by atoms with van der Waals surface area (Å²) < 4.78 is 10.6. The minimum Gasteiger partial charge on any atom is -0.379 e. The van der Waals surface area contributed by atoms with Crippen LogP contribution in [0.15, 0.2) is 0 Å². The summed E-state index contributed by atoms with van der Waals surface area (Å²) in [5.74, 6) is 0. The highest BCUT2D eigenvalue weighted by Gasteiger charge is 1.90. The van der Waals surface area contributed by atoms with E-state index in [1.807, 2.05) is 27.9 Å². The van der Waals surface area contributed by atoms with Crippen LogP contribution in [-0.2, 0) is 9.47 Å². The summed E-state index contributed by atoms with van der Waals surface area (Å²) in [4.78, 5) is 2.10. The fourth-order valence-electron chi connectivity index (χ4n) is 0.713. The summed E-state index contributed by atoms with van der Waals surface area (Å²) in [6.45, 7) is 10.2. The average Bonchev–Trinajstić information content (AvgIpc) is 2.19. The maximum atomic E-state index is 5.32. The van der Waals surface area contributed by atoms with Crippen LogP contribution in [0.25, 0.3) is 0 Å². The molecule has 3 heteroatoms. The maximum absolute atomic E-state index is 5.32. The molecule has 0 aromatic carbocycles. The number of nitrogens with zero attached hydrogens (tertiary/aromatic N) is 1. The van der Waals surface area contributed by atoms with Crippen LogP contribution in [0.1, 0.15) is 27.2 Å². The van der Waals surface area contributed by atoms with Gasteiger partial charge in [0.05, 0.1) is 19.8 Å². The van der Waals surface area contributed by atoms with E-state index in [2.05, 4.69) is 11.8 Å². The lowest BCUT2D eigenvalue weighted by molar-refractivity contribution is 0.0430. The number of ether oxygens (including phenoxy) is 2. The smallest absolute Gasteiger partial charge is 0.0701 e. The lowest BCUT2D eigenvalue weighted by atomic mass is 10.5. The van der Waals surface area contributed by atoms with Gasteiger partial charge in [-0.1, -0.05) is 20.8 Å². The largest absolute Gasteiger partial charge is 0.379 e. The highest BCUT2D eigenvalue weighted by atomic mass is 16.5. The first-order valence-corrected chi connectivity index (χ1v) is 5.57. The van der Waals surface area contributed by atoms with Gasteiger partial charge in [0.25, 0.3) is 0 Å². The molecule has 0 rings (SSSR count). The maximum Gasteiger partial charge on any atom is 0.0701 e. The van der Waals surface area contributed by atoms with Gasteiger partial charge < -0.3 is 14.4 Å². The van der Waals surface area contributed by atoms with Crippen molar-refractivity contribution >= 4 is 0 Å². The number of hydrogen-bond donors (Lipinski definition) is 0. The van der Waals surface area contributed by atoms with Crippen LogP contribution in [-0.4, -0.2) is 52.0 Å². The van der Waals surface area contributed by atoms with Crippen LogP contribution in [0.3, 0.4) is 0 Å². The van der Waals surface area contributed by atoms with Crippen LogP contribution < -0.4 is 0 Å². The van der Waals surface area contributed by atoms with E-state index in [9.17, 15) is 0 Å². The van der Waals surface area contributed by atoms with Crippen LogP contribution in [0, 0.1) is 0 Å². The molecule has 0 saturated heterocycles. The van der Waals surface area contributed by atoms with Gasteiger partial charge in [-0.3, -0.25) is 0 Å². The normalized spacial score (nSPS) is 9.86. The fraction of sp³-hybridized carbons (Fsp3) is 1.00. The number of rotatable bonds is 8. The molecule has 0 unspecified atom stereocenters. The molecule has 0 aromatic rings. The first-order valence-electron chi connectivity index (χ1n) is 5.57. The summed E-state index contributed by atoms with van der Waals surface area (Å²) in [7, 11) is 4.08. The molecule has 0 heterocycles. The molecule has 0 radical (unpaired) electrons. The molecular formula is C11H27NO2. The van der Waals surface area contributed by atoms with Gasteiger partial charge in [-0.2, -0.15) is 0 Å². The van der Waals surface area contributed by atoms with Crippen LogP contribution >= 0.6 is 0 Å². The molecule has 88 valence electrons. The number of likely N-dealkylation sites (N-methyl/N-ethyl adjacent to an activating group) is 1. The lowest BCUT2D eigenvalue weighted by Crippen LogP contribution is -2.19. The van der Waals surface area contributed by atoms with Crippen molar-refractivity contribution in [1.82, 2.24) is 4.90 Å². The summed E-state index contributed by atoms with van der Waals surface area (Å²) in [5, 5.41) is 0. The van der Waals surface area contributed by atoms with Crippen molar-refractivity contribution in [3.63, 3.8) is 0 Å². The monoisotopic (exact) mass is 205 g/mol. The van der Waals surface area contributed by atoms with Crippen molar-refractivity contribution in [2.45, 2.75) is 27.2 Å². The Labute approximate surface area is 89.4 Å². The molecule has 3 nitrogen and oxygen atoms in total. The summed E-state index contributed by atoms with van der Waals surface area (Å²) >= 11 is 0. The van der Waals surface area contributed by atoms with Gasteiger partial charge in [-0.25, -0.2) is 0 Å². The Kier molecular flexibility index (Phi) is 17.9. The van der Waals surface area contributed by atoms with Gasteiger partial charge in [-0.15, -0.1) is 0 Å². The molecule has 0 aliphatic heterocycles. The molecule has 14 heavy (non-hydrogen) atoms. The van der Waals surface area contributed by atoms with Gasteiger partial charge in [0.2, 0.25) is 0 Å². The van der Waals surface area contributed by atoms with E-state index >= 15 is 0 Å². The second-order valence-electron chi connectivity index (χ2n) is 3.03. The molecule has 0 atom stereocenters. The Hall–Kier alpha value is -0.120. The Morgan fingerprint density at radius 3 is 1.79 bits per heavy atom. The van der Waals surface area contributed by atoms with E-state index in [0.29, 0.717) is 6.61 Å². The highest BCUT2D eigenvalue weighted by molar-refractivity contribution is 4.39. The predicted molar refractivity (Wildman–Crippen MR) is 61.8 cm³/mol. The Morgan fingerprint density at radius 1 is 0.857 bits per heavy atom. The van der Waals surface area contributed by atoms with Crippen molar-refractivity contribution in [3.05, 3.63) is 0 Å². The van der Waals surface area contributed by atoms with Crippen LogP contribution in [0.5, 0.6) is 0 Å². The van der Waals surface area contributed by atoms with Crippen molar-refractivity contribution < 1.29 is 9.47 Å². The zero-order valence-corrected chi connectivity index (χ0v) is 10.5. The van der Waals surface area contributed by atoms with Crippen LogP contribution in [0.2, 0.25) is 0 Å². The molecule has 0 N–H and O–H groups in total. The summed E-state index contributed by atoms with van der Waals surface area (Å²) in [5.41, 5.74) is 0. The third-order valence-corrected chi connectivity index (χ3v) is 1.40. The molecule has 0 aliphatic rings. The Bertz CT molecular complexity index is 87.4. The van der Waals surface area contributed by atoms with E-state index in [1.165, 1.54) is 0 Å². The van der Waals surface area contributed by atoms with Crippen molar-refractivity contribution in [2.75, 3.05) is 47.1 Å². The molecule has 0 bridgehead atoms. The van der Waals surface area contributed by atoms with E-state index in [0.717, 1.165) is 32.8 Å². The molecule has 0 fully saturated rings. The van der Waals surface area contributed by atoms with Gasteiger partial charge in [0.15, 0.2) is 0 Å². The third-order valence-electron chi connectivity index (χ3n) is 1.40. The van der Waals surface area contributed by atoms with Gasteiger partial charge in [0.1, 0.15) is 0 Å². The molecular weight excluding hydrogens is 178 g/mol. The molecule has 0 aliphatic carbocycles. The zero-order valence-electron chi connectivity index (χ0n) is 10.5. The molecule has 0 saturated carbocycles. The van der Waals surface area contributed by atoms with E-state index in [-0.39, 0.29) is 0 Å². The highest BCUT2D eigenvalue weighted by Crippen LogP contribution is 1.82. The van der Waals surface area contributed by atoms with E-state index in [1.54, 1.807) is 0 Å². The average molecular weight is 205 g/mol. The molecule has 0 spiro atoms. The first-order chi connectivity index (χ1) is 6.77. The fourth-order valence-corrected chi connectivity index (χ4v) is 0.713. The lowest BCUT2D eigenvalue weighted by Gasteiger charge is -2.09. The topological polar surface area (TPSA) is 21.7 Å².